The zero-order valence-corrected chi connectivity index (χ0v) is 9.57. The van der Waals surface area contributed by atoms with Crippen molar-refractivity contribution in [2.45, 2.75) is 6.29 Å². The Kier molecular flexibility index (Phi) is 3.37. The lowest BCUT2D eigenvalue weighted by Crippen LogP contribution is -2.29. The van der Waals surface area contributed by atoms with Crippen molar-refractivity contribution in [3.05, 3.63) is 18.2 Å². The highest BCUT2D eigenvalue weighted by atomic mass is 19.3. The maximum atomic E-state index is 12.8. The predicted octanol–water partition coefficient (Wildman–Crippen LogP) is 1.06. The number of carbonyl (C=O) groups is 1. The molecule has 1 amide bonds. The van der Waals surface area contributed by atoms with Crippen molar-refractivity contribution in [1.82, 2.24) is 5.32 Å². The summed E-state index contributed by atoms with van der Waals surface area (Å²) in [5.74, 6) is -0.554. The fraction of sp³-hybridized carbons (Fsp3) is 0.273. The highest BCUT2D eigenvalue weighted by Gasteiger charge is 2.43. The molecule has 0 aliphatic carbocycles. The van der Waals surface area contributed by atoms with E-state index in [0.717, 1.165) is 0 Å². The van der Waals surface area contributed by atoms with Crippen LogP contribution in [0.1, 0.15) is 0 Å². The van der Waals surface area contributed by atoms with E-state index < -0.39 is 6.29 Å². The predicted molar refractivity (Wildman–Crippen MR) is 59.8 cm³/mol. The molecule has 19 heavy (non-hydrogen) atoms. The highest BCUT2D eigenvalue weighted by Crippen LogP contribution is 2.42. The highest BCUT2D eigenvalue weighted by molar-refractivity contribution is 5.81. The van der Waals surface area contributed by atoms with Crippen molar-refractivity contribution < 1.29 is 23.0 Å². The SMILES string of the molecule is N#CCNC(=O)CNc1ccc2c(c1)OC(F)(F)O2. The van der Waals surface area contributed by atoms with Gasteiger partial charge in [0.25, 0.3) is 0 Å². The Morgan fingerprint density at radius 3 is 2.84 bits per heavy atom. The molecule has 0 bridgehead atoms. The lowest BCUT2D eigenvalue weighted by molar-refractivity contribution is -0.286. The lowest BCUT2D eigenvalue weighted by Gasteiger charge is -2.06. The van der Waals surface area contributed by atoms with E-state index in [1.54, 1.807) is 6.07 Å². The van der Waals surface area contributed by atoms with Crippen molar-refractivity contribution in [1.29, 1.82) is 5.26 Å². The number of halogens is 2. The number of rotatable bonds is 4. The molecule has 1 heterocycles. The molecule has 2 N–H and O–H groups in total. The molecule has 0 fully saturated rings. The number of nitrogens with one attached hydrogen (secondary N) is 2. The van der Waals surface area contributed by atoms with Crippen LogP contribution in [0.4, 0.5) is 14.5 Å². The van der Waals surface area contributed by atoms with Crippen LogP contribution in [0.2, 0.25) is 0 Å². The van der Waals surface area contributed by atoms with E-state index >= 15 is 0 Å². The normalized spacial score (nSPS) is 14.6. The molecule has 0 saturated heterocycles. The Balaban J connectivity index is 1.94. The van der Waals surface area contributed by atoms with E-state index in [1.807, 2.05) is 0 Å². The Hall–Kier alpha value is -2.56. The number of carbonyl (C=O) groups excluding carboxylic acids is 1. The van der Waals surface area contributed by atoms with Crippen LogP contribution in [-0.2, 0) is 4.79 Å². The third kappa shape index (κ3) is 3.22. The molecule has 0 aromatic heterocycles. The first-order valence-corrected chi connectivity index (χ1v) is 5.27. The zero-order chi connectivity index (χ0) is 13.9. The number of fused-ring (bicyclic) bond motifs is 1. The first kappa shape index (κ1) is 12.9. The van der Waals surface area contributed by atoms with E-state index in [2.05, 4.69) is 20.1 Å². The van der Waals surface area contributed by atoms with Crippen LogP contribution in [0, 0.1) is 11.3 Å². The zero-order valence-electron chi connectivity index (χ0n) is 9.57. The fourth-order valence-corrected chi connectivity index (χ4v) is 1.44. The van der Waals surface area contributed by atoms with Crippen LogP contribution in [-0.4, -0.2) is 25.3 Å². The van der Waals surface area contributed by atoms with Gasteiger partial charge in [-0.05, 0) is 12.1 Å². The molecule has 100 valence electrons. The van der Waals surface area contributed by atoms with Gasteiger partial charge in [0.15, 0.2) is 11.5 Å². The van der Waals surface area contributed by atoms with E-state index in [1.165, 1.54) is 18.2 Å². The summed E-state index contributed by atoms with van der Waals surface area (Å²) in [6, 6.07) is 5.84. The molecule has 6 nitrogen and oxygen atoms in total. The number of nitrogens with zero attached hydrogens (tertiary/aromatic N) is 1. The molecule has 2 rings (SSSR count). The van der Waals surface area contributed by atoms with Crippen molar-refractivity contribution >= 4 is 11.6 Å². The first-order valence-electron chi connectivity index (χ1n) is 5.27. The number of anilines is 1. The average Bonchev–Trinajstić information content (AvgIpc) is 2.66. The van der Waals surface area contributed by atoms with Crippen molar-refractivity contribution in [2.75, 3.05) is 18.4 Å². The summed E-state index contributed by atoms with van der Waals surface area (Å²) in [6.45, 7) is -0.175. The molecule has 0 spiro atoms. The van der Waals surface area contributed by atoms with Gasteiger partial charge < -0.3 is 20.1 Å². The van der Waals surface area contributed by atoms with Crippen LogP contribution < -0.4 is 20.1 Å². The second-order valence-corrected chi connectivity index (χ2v) is 3.62. The van der Waals surface area contributed by atoms with Crippen LogP contribution in [0.5, 0.6) is 11.5 Å². The third-order valence-corrected chi connectivity index (χ3v) is 2.22. The minimum atomic E-state index is -3.66. The van der Waals surface area contributed by atoms with E-state index in [-0.39, 0.29) is 30.5 Å². The molecule has 1 aliphatic heterocycles. The summed E-state index contributed by atoms with van der Waals surface area (Å²) in [7, 11) is 0. The number of alkyl halides is 2. The molecule has 0 radical (unpaired) electrons. The van der Waals surface area contributed by atoms with Crippen LogP contribution in [0.3, 0.4) is 0 Å². The number of benzene rings is 1. The van der Waals surface area contributed by atoms with Gasteiger partial charge in [0.1, 0.15) is 6.54 Å². The maximum absolute atomic E-state index is 12.8. The van der Waals surface area contributed by atoms with E-state index in [0.29, 0.717) is 5.69 Å². The standard InChI is InChI=1S/C11H9F2N3O3/c12-11(13)18-8-2-1-7(5-9(8)19-11)16-6-10(17)15-4-3-14/h1-2,5,16H,4,6H2,(H,15,17). The summed E-state index contributed by atoms with van der Waals surface area (Å²) in [4.78, 5) is 11.2. The number of hydrogen-bond acceptors (Lipinski definition) is 5. The van der Waals surface area contributed by atoms with E-state index in [9.17, 15) is 13.6 Å². The van der Waals surface area contributed by atoms with E-state index in [4.69, 9.17) is 5.26 Å². The Labute approximate surface area is 106 Å². The minimum Gasteiger partial charge on any atom is -0.395 e. The molecule has 0 unspecified atom stereocenters. The van der Waals surface area contributed by atoms with Gasteiger partial charge in [0.2, 0.25) is 5.91 Å². The first-order chi connectivity index (χ1) is 9.00. The monoisotopic (exact) mass is 269 g/mol. The smallest absolute Gasteiger partial charge is 0.395 e. The molecular formula is C11H9F2N3O3. The summed E-state index contributed by atoms with van der Waals surface area (Å²) < 4.78 is 34.0. The largest absolute Gasteiger partial charge is 0.586 e. The van der Waals surface area contributed by atoms with Gasteiger partial charge in [-0.25, -0.2) is 0 Å². The average molecular weight is 269 g/mol. The summed E-state index contributed by atoms with van der Waals surface area (Å²) in [5, 5.41) is 13.3. The number of nitriles is 1. The Morgan fingerprint density at radius 2 is 2.11 bits per heavy atom. The molecular weight excluding hydrogens is 260 g/mol. The topological polar surface area (TPSA) is 83.4 Å². The van der Waals surface area contributed by atoms with Crippen molar-refractivity contribution in [3.63, 3.8) is 0 Å². The van der Waals surface area contributed by atoms with Crippen molar-refractivity contribution in [3.8, 4) is 17.6 Å². The quantitative estimate of drug-likeness (QED) is 0.798. The summed E-state index contributed by atoms with van der Waals surface area (Å²) in [5.41, 5.74) is 0.423. The number of amides is 1. The molecule has 1 aliphatic rings. The van der Waals surface area contributed by atoms with Crippen LogP contribution >= 0.6 is 0 Å². The maximum Gasteiger partial charge on any atom is 0.586 e. The fourth-order valence-electron chi connectivity index (χ4n) is 1.44. The van der Waals surface area contributed by atoms with Gasteiger partial charge in [0.05, 0.1) is 12.6 Å². The summed E-state index contributed by atoms with van der Waals surface area (Å²) >= 11 is 0. The molecule has 0 saturated carbocycles. The molecule has 0 atom stereocenters. The van der Waals surface area contributed by atoms with Gasteiger partial charge in [0, 0.05) is 11.8 Å². The van der Waals surface area contributed by atoms with Gasteiger partial charge in [-0.3, -0.25) is 4.79 Å². The molecule has 1 aromatic carbocycles. The second-order valence-electron chi connectivity index (χ2n) is 3.62. The Bertz CT molecular complexity index is 542. The minimum absolute atomic E-state index is 0.0653. The van der Waals surface area contributed by atoms with Gasteiger partial charge in [-0.1, -0.05) is 0 Å². The molecule has 1 aromatic rings. The lowest BCUT2D eigenvalue weighted by atomic mass is 10.3. The Morgan fingerprint density at radius 1 is 1.37 bits per heavy atom. The third-order valence-electron chi connectivity index (χ3n) is 2.22. The van der Waals surface area contributed by atoms with Gasteiger partial charge >= 0.3 is 6.29 Å². The summed E-state index contributed by atoms with van der Waals surface area (Å²) in [6.07, 6.45) is -3.66. The number of hydrogen-bond donors (Lipinski definition) is 2. The molecule has 8 heteroatoms. The van der Waals surface area contributed by atoms with Crippen LogP contribution in [0.15, 0.2) is 18.2 Å². The van der Waals surface area contributed by atoms with Crippen LogP contribution in [0.25, 0.3) is 0 Å². The van der Waals surface area contributed by atoms with Crippen molar-refractivity contribution in [2.24, 2.45) is 0 Å². The number of ether oxygens (including phenoxy) is 2. The van der Waals surface area contributed by atoms with Gasteiger partial charge in [-0.2, -0.15) is 5.26 Å². The second kappa shape index (κ2) is 4.97. The van der Waals surface area contributed by atoms with Gasteiger partial charge in [-0.15, -0.1) is 8.78 Å².